The first-order valence-corrected chi connectivity index (χ1v) is 4.36. The van der Waals surface area contributed by atoms with E-state index in [9.17, 15) is 9.59 Å². The minimum absolute atomic E-state index is 0.0511. The maximum absolute atomic E-state index is 11.3. The highest BCUT2D eigenvalue weighted by Crippen LogP contribution is 2.20. The molecule has 2 aliphatic rings. The number of hydrogen-bond donors (Lipinski definition) is 2. The Morgan fingerprint density at radius 3 is 3.00 bits per heavy atom. The quantitative estimate of drug-likeness (QED) is 0.501. The van der Waals surface area contributed by atoms with Crippen molar-refractivity contribution in [2.75, 3.05) is 7.11 Å². The summed E-state index contributed by atoms with van der Waals surface area (Å²) in [6.45, 7) is 0. The van der Waals surface area contributed by atoms with E-state index in [0.29, 0.717) is 0 Å². The third-order valence-electron chi connectivity index (χ3n) is 2.65. The molecular weight excluding hydrogens is 172 g/mol. The van der Waals surface area contributed by atoms with Gasteiger partial charge in [-0.15, -0.1) is 0 Å². The van der Waals surface area contributed by atoms with Crippen molar-refractivity contribution in [2.45, 2.75) is 31.0 Å². The van der Waals surface area contributed by atoms with E-state index in [1.807, 2.05) is 0 Å². The minimum atomic E-state index is -0.503. The lowest BCUT2D eigenvalue weighted by molar-refractivity contribution is -0.147. The van der Waals surface area contributed by atoms with Crippen molar-refractivity contribution in [3.8, 4) is 0 Å². The summed E-state index contributed by atoms with van der Waals surface area (Å²) in [5, 5.41) is 5.75. The first-order valence-electron chi connectivity index (χ1n) is 4.36. The van der Waals surface area contributed by atoms with Gasteiger partial charge in [-0.25, -0.2) is 4.79 Å². The molecule has 0 radical (unpaired) electrons. The van der Waals surface area contributed by atoms with E-state index in [-0.39, 0.29) is 24.0 Å². The van der Waals surface area contributed by atoms with Crippen LogP contribution in [0.5, 0.6) is 0 Å². The molecule has 0 aliphatic carbocycles. The molecule has 0 saturated carbocycles. The molecular formula is C8H12N2O3. The van der Waals surface area contributed by atoms with Gasteiger partial charge in [0.25, 0.3) is 0 Å². The molecule has 0 aromatic rings. The highest BCUT2D eigenvalue weighted by Gasteiger charge is 2.43. The maximum Gasteiger partial charge on any atom is 0.330 e. The molecule has 13 heavy (non-hydrogen) atoms. The second-order valence-corrected chi connectivity index (χ2v) is 3.41. The van der Waals surface area contributed by atoms with E-state index < -0.39 is 6.04 Å². The molecule has 2 saturated heterocycles. The Bertz CT molecular complexity index is 254. The molecule has 2 rings (SSSR count). The molecule has 5 nitrogen and oxygen atoms in total. The number of nitrogens with one attached hydrogen (secondary N) is 2. The third kappa shape index (κ3) is 1.29. The Morgan fingerprint density at radius 1 is 1.54 bits per heavy atom. The van der Waals surface area contributed by atoms with Crippen molar-refractivity contribution < 1.29 is 14.3 Å². The van der Waals surface area contributed by atoms with Crippen LogP contribution in [0.2, 0.25) is 0 Å². The van der Waals surface area contributed by atoms with E-state index in [1.165, 1.54) is 7.11 Å². The van der Waals surface area contributed by atoms with Gasteiger partial charge < -0.3 is 15.4 Å². The van der Waals surface area contributed by atoms with Crippen LogP contribution in [0, 0.1) is 0 Å². The first-order chi connectivity index (χ1) is 6.22. The van der Waals surface area contributed by atoms with Gasteiger partial charge >= 0.3 is 5.97 Å². The topological polar surface area (TPSA) is 67.4 Å². The Balaban J connectivity index is 2.12. The predicted molar refractivity (Wildman–Crippen MR) is 43.9 cm³/mol. The highest BCUT2D eigenvalue weighted by atomic mass is 16.5. The SMILES string of the molecule is COC(=O)[C@H]1NC(=O)C2CC[C@H]1N2. The average Bonchev–Trinajstić information content (AvgIpc) is 2.56. The maximum atomic E-state index is 11.3. The van der Waals surface area contributed by atoms with Crippen LogP contribution in [0.3, 0.4) is 0 Å². The fourth-order valence-electron chi connectivity index (χ4n) is 1.95. The van der Waals surface area contributed by atoms with Crippen molar-refractivity contribution >= 4 is 11.9 Å². The van der Waals surface area contributed by atoms with Gasteiger partial charge in [-0.3, -0.25) is 4.79 Å². The highest BCUT2D eigenvalue weighted by molar-refractivity contribution is 5.90. The van der Waals surface area contributed by atoms with Crippen molar-refractivity contribution in [3.05, 3.63) is 0 Å². The summed E-state index contributed by atoms with van der Waals surface area (Å²) in [5.74, 6) is -0.463. The van der Waals surface area contributed by atoms with E-state index in [2.05, 4.69) is 15.4 Å². The van der Waals surface area contributed by atoms with Crippen LogP contribution in [-0.4, -0.2) is 37.1 Å². The van der Waals surface area contributed by atoms with Gasteiger partial charge in [-0.05, 0) is 12.8 Å². The Kier molecular flexibility index (Phi) is 1.95. The molecule has 1 unspecified atom stereocenters. The molecule has 1 amide bonds. The summed E-state index contributed by atoms with van der Waals surface area (Å²) in [5.41, 5.74) is 0. The van der Waals surface area contributed by atoms with Crippen molar-refractivity contribution in [1.82, 2.24) is 10.6 Å². The monoisotopic (exact) mass is 184 g/mol. The van der Waals surface area contributed by atoms with Crippen LogP contribution in [-0.2, 0) is 14.3 Å². The van der Waals surface area contributed by atoms with Gasteiger partial charge in [-0.2, -0.15) is 0 Å². The number of fused-ring (bicyclic) bond motifs is 2. The van der Waals surface area contributed by atoms with Gasteiger partial charge in [0.1, 0.15) is 6.04 Å². The lowest BCUT2D eigenvalue weighted by Crippen LogP contribution is -2.62. The lowest BCUT2D eigenvalue weighted by atomic mass is 10.1. The molecule has 0 aromatic carbocycles. The molecule has 2 heterocycles. The second kappa shape index (κ2) is 2.99. The minimum Gasteiger partial charge on any atom is -0.467 e. The predicted octanol–water partition coefficient (Wildman–Crippen LogP) is -1.22. The zero-order chi connectivity index (χ0) is 9.42. The van der Waals surface area contributed by atoms with Gasteiger partial charge in [0.05, 0.1) is 13.2 Å². The number of hydrogen-bond acceptors (Lipinski definition) is 4. The van der Waals surface area contributed by atoms with Crippen LogP contribution in [0.1, 0.15) is 12.8 Å². The van der Waals surface area contributed by atoms with Crippen molar-refractivity contribution in [3.63, 3.8) is 0 Å². The number of amides is 1. The van der Waals surface area contributed by atoms with E-state index >= 15 is 0 Å². The Morgan fingerprint density at radius 2 is 2.31 bits per heavy atom. The summed E-state index contributed by atoms with van der Waals surface area (Å²) in [4.78, 5) is 22.5. The van der Waals surface area contributed by atoms with E-state index in [0.717, 1.165) is 12.8 Å². The van der Waals surface area contributed by atoms with Crippen LogP contribution >= 0.6 is 0 Å². The number of carbonyl (C=O) groups excluding carboxylic acids is 2. The van der Waals surface area contributed by atoms with Gasteiger partial charge in [0, 0.05) is 6.04 Å². The van der Waals surface area contributed by atoms with E-state index in [4.69, 9.17) is 0 Å². The molecule has 3 atom stereocenters. The fourth-order valence-corrected chi connectivity index (χ4v) is 1.95. The lowest BCUT2D eigenvalue weighted by Gasteiger charge is -2.28. The smallest absolute Gasteiger partial charge is 0.330 e. The number of esters is 1. The molecule has 5 heteroatoms. The van der Waals surface area contributed by atoms with Crippen molar-refractivity contribution in [1.29, 1.82) is 0 Å². The second-order valence-electron chi connectivity index (χ2n) is 3.41. The summed E-state index contributed by atoms with van der Waals surface area (Å²) in [6.07, 6.45) is 1.66. The number of piperazine rings is 1. The molecule has 0 spiro atoms. The number of carbonyl (C=O) groups is 2. The van der Waals surface area contributed by atoms with Crippen molar-refractivity contribution in [2.24, 2.45) is 0 Å². The molecule has 2 fully saturated rings. The van der Waals surface area contributed by atoms with Gasteiger partial charge in [0.15, 0.2) is 0 Å². The van der Waals surface area contributed by atoms with E-state index in [1.54, 1.807) is 0 Å². The summed E-state index contributed by atoms with van der Waals surface area (Å²) >= 11 is 0. The fraction of sp³-hybridized carbons (Fsp3) is 0.750. The number of ether oxygens (including phenoxy) is 1. The van der Waals surface area contributed by atoms with Gasteiger partial charge in [0.2, 0.25) is 5.91 Å². The van der Waals surface area contributed by atoms with Crippen LogP contribution in [0.4, 0.5) is 0 Å². The van der Waals surface area contributed by atoms with Crippen LogP contribution < -0.4 is 10.6 Å². The molecule has 2 aliphatic heterocycles. The third-order valence-corrected chi connectivity index (χ3v) is 2.65. The summed E-state index contributed by atoms with van der Waals surface area (Å²) in [6, 6.07) is -0.558. The number of methoxy groups -OCH3 is 1. The van der Waals surface area contributed by atoms with Gasteiger partial charge in [-0.1, -0.05) is 0 Å². The first kappa shape index (κ1) is 8.50. The molecule has 0 aromatic heterocycles. The average molecular weight is 184 g/mol. The Hall–Kier alpha value is -1.10. The standard InChI is InChI=1S/C8H12N2O3/c1-13-8(12)6-4-2-3-5(9-4)7(11)10-6/h4-6,9H,2-3H2,1H3,(H,10,11)/t4-,5?,6+/m1/s1. The summed E-state index contributed by atoms with van der Waals surface area (Å²) < 4.78 is 4.59. The molecule has 72 valence electrons. The van der Waals surface area contributed by atoms with Crippen LogP contribution in [0.25, 0.3) is 0 Å². The van der Waals surface area contributed by atoms with Crippen LogP contribution in [0.15, 0.2) is 0 Å². The number of rotatable bonds is 1. The largest absolute Gasteiger partial charge is 0.467 e. The molecule has 2 N–H and O–H groups in total. The Labute approximate surface area is 75.8 Å². The normalized spacial score (nSPS) is 37.0. The molecule has 2 bridgehead atoms. The zero-order valence-electron chi connectivity index (χ0n) is 7.37. The summed E-state index contributed by atoms with van der Waals surface area (Å²) in [7, 11) is 1.33. The zero-order valence-corrected chi connectivity index (χ0v) is 7.37.